The first kappa shape index (κ1) is 35.7. The zero-order chi connectivity index (χ0) is 37.6. The number of aromatic nitrogens is 5. The third-order valence-electron chi connectivity index (χ3n) is 9.78. The van der Waals surface area contributed by atoms with Crippen molar-refractivity contribution in [3.63, 3.8) is 0 Å². The summed E-state index contributed by atoms with van der Waals surface area (Å²) in [4.78, 5) is 25.4. The number of hydrogen-bond donors (Lipinski definition) is 2. The number of anilines is 1. The second kappa shape index (κ2) is 14.5. The van der Waals surface area contributed by atoms with E-state index in [1.54, 1.807) is 43.3 Å². The molecular weight excluding hydrogens is 726 g/mol. The summed E-state index contributed by atoms with van der Waals surface area (Å²) in [5, 5.41) is 9.67. The van der Waals surface area contributed by atoms with Crippen molar-refractivity contribution in [2.24, 2.45) is 0 Å². The molecule has 1 unspecified atom stereocenters. The van der Waals surface area contributed by atoms with Gasteiger partial charge >= 0.3 is 6.18 Å². The number of alkyl halides is 3. The second-order valence-electron chi connectivity index (χ2n) is 13.4. The van der Waals surface area contributed by atoms with E-state index in [1.807, 2.05) is 12.1 Å². The van der Waals surface area contributed by atoms with Crippen molar-refractivity contribution < 1.29 is 31.8 Å². The summed E-state index contributed by atoms with van der Waals surface area (Å²) in [7, 11) is 0. The van der Waals surface area contributed by atoms with E-state index in [9.17, 15) is 22.4 Å². The number of ether oxygens (including phenoxy) is 2. The van der Waals surface area contributed by atoms with Crippen LogP contribution in [0.3, 0.4) is 0 Å². The van der Waals surface area contributed by atoms with E-state index < -0.39 is 23.5 Å². The number of benzene rings is 3. The van der Waals surface area contributed by atoms with Gasteiger partial charge in [0.15, 0.2) is 0 Å². The van der Waals surface area contributed by atoms with Gasteiger partial charge in [-0.1, -0.05) is 29.8 Å². The highest BCUT2D eigenvalue weighted by Gasteiger charge is 2.35. The molecule has 0 saturated carbocycles. The predicted molar refractivity (Wildman–Crippen MR) is 196 cm³/mol. The Morgan fingerprint density at radius 1 is 1.11 bits per heavy atom. The summed E-state index contributed by atoms with van der Waals surface area (Å²) >= 11 is 5.86. The van der Waals surface area contributed by atoms with Crippen LogP contribution in [0.2, 0.25) is 5.02 Å². The molecule has 8 rings (SSSR count). The van der Waals surface area contributed by atoms with Crippen LogP contribution in [0.5, 0.6) is 5.88 Å². The van der Waals surface area contributed by atoms with Gasteiger partial charge in [-0.25, -0.2) is 14.4 Å². The first-order valence-corrected chi connectivity index (χ1v) is 17.8. The molecule has 278 valence electrons. The number of nitrogens with zero attached hydrogens (tertiary/aromatic N) is 5. The zero-order valence-electron chi connectivity index (χ0n) is 29.0. The first-order valence-electron chi connectivity index (χ1n) is 17.4. The Morgan fingerprint density at radius 2 is 1.96 bits per heavy atom. The summed E-state index contributed by atoms with van der Waals surface area (Å²) in [6, 6.07) is 17.5. The molecule has 2 N–H and O–H groups in total. The standard InChI is InChI=1S/C39H34ClF4N7O3/c1-22-29-17-27(18-30(39(42,43)44)37(29)49-48-22)45-38(52)24-6-8-33-34(15-24)51(19-28-11-14-53-28)35(46-33)20-50-12-9-23(10-13-50)32-3-2-4-36(47-32)54-21-25-5-7-26(40)16-31(25)41/h2-9,15-18,28H,10-14,19-21H2,1H3,(H,45,52)(H,48,49). The average molecular weight is 760 g/mol. The number of hydrogen-bond acceptors (Lipinski definition) is 7. The van der Waals surface area contributed by atoms with Crippen molar-refractivity contribution in [2.45, 2.75) is 51.7 Å². The molecule has 54 heavy (non-hydrogen) atoms. The Balaban J connectivity index is 0.988. The van der Waals surface area contributed by atoms with Crippen LogP contribution in [0.4, 0.5) is 23.2 Å². The van der Waals surface area contributed by atoms with Crippen LogP contribution in [0.1, 0.15) is 51.5 Å². The van der Waals surface area contributed by atoms with Crippen molar-refractivity contribution in [2.75, 3.05) is 25.0 Å². The highest BCUT2D eigenvalue weighted by atomic mass is 35.5. The molecule has 1 saturated heterocycles. The van der Waals surface area contributed by atoms with E-state index in [4.69, 9.17) is 26.1 Å². The van der Waals surface area contributed by atoms with E-state index in [-0.39, 0.29) is 34.9 Å². The van der Waals surface area contributed by atoms with Crippen molar-refractivity contribution in [1.82, 2.24) is 29.6 Å². The number of carbonyl (C=O) groups excluding carboxylic acids is 1. The Hall–Kier alpha value is -5.31. The van der Waals surface area contributed by atoms with Crippen molar-refractivity contribution in [1.29, 1.82) is 0 Å². The van der Waals surface area contributed by atoms with E-state index in [0.29, 0.717) is 53.9 Å². The van der Waals surface area contributed by atoms with Crippen LogP contribution < -0.4 is 10.1 Å². The van der Waals surface area contributed by atoms with E-state index in [0.717, 1.165) is 48.1 Å². The normalized spacial score (nSPS) is 16.4. The lowest BCUT2D eigenvalue weighted by atomic mass is 10.0. The van der Waals surface area contributed by atoms with Gasteiger partial charge in [0.2, 0.25) is 5.88 Å². The molecule has 1 atom stereocenters. The Kier molecular flexibility index (Phi) is 9.58. The Bertz CT molecular complexity index is 2420. The molecule has 2 aliphatic rings. The number of imidazole rings is 1. The van der Waals surface area contributed by atoms with Crippen molar-refractivity contribution in [3.05, 3.63) is 118 Å². The minimum absolute atomic E-state index is 0.00829. The lowest BCUT2D eigenvalue weighted by molar-refractivity contribution is -0.136. The van der Waals surface area contributed by atoms with Gasteiger partial charge < -0.3 is 19.4 Å². The Labute approximate surface area is 311 Å². The number of amides is 1. The molecule has 2 aliphatic heterocycles. The number of aryl methyl sites for hydroxylation is 1. The summed E-state index contributed by atoms with van der Waals surface area (Å²) < 4.78 is 69.5. The van der Waals surface area contributed by atoms with Crippen LogP contribution in [-0.2, 0) is 30.6 Å². The number of aromatic amines is 1. The van der Waals surface area contributed by atoms with Gasteiger partial charge in [0, 0.05) is 58.7 Å². The quantitative estimate of drug-likeness (QED) is 0.135. The van der Waals surface area contributed by atoms with Gasteiger partial charge in [-0.05, 0) is 73.9 Å². The number of halogens is 5. The number of nitrogens with one attached hydrogen (secondary N) is 2. The number of pyridine rings is 1. The maximum Gasteiger partial charge on any atom is 0.418 e. The molecule has 0 aliphatic carbocycles. The molecule has 10 nitrogen and oxygen atoms in total. The fourth-order valence-electron chi connectivity index (χ4n) is 6.75. The van der Waals surface area contributed by atoms with E-state index in [1.165, 1.54) is 12.1 Å². The molecule has 5 heterocycles. The molecule has 0 spiro atoms. The average Bonchev–Trinajstić information content (AvgIpc) is 3.67. The summed E-state index contributed by atoms with van der Waals surface area (Å²) in [5.74, 6) is 0.224. The second-order valence-corrected chi connectivity index (χ2v) is 13.9. The van der Waals surface area contributed by atoms with Gasteiger partial charge in [-0.3, -0.25) is 14.8 Å². The SMILES string of the molecule is Cc1[nH]nc2c(C(F)(F)F)cc(NC(=O)c3ccc4nc(CN5CC=C(c6cccc(OCc7ccc(Cl)cc7F)n6)CC5)n(CC5CCO5)c4c3)cc12. The summed E-state index contributed by atoms with van der Waals surface area (Å²) in [6.45, 7) is 4.81. The van der Waals surface area contributed by atoms with E-state index in [2.05, 4.69) is 36.0 Å². The molecule has 0 radical (unpaired) electrons. The minimum atomic E-state index is -4.66. The van der Waals surface area contributed by atoms with Crippen molar-refractivity contribution >= 4 is 50.7 Å². The topological polar surface area (TPSA) is 110 Å². The molecule has 1 amide bonds. The van der Waals surface area contributed by atoms with Gasteiger partial charge in [0.05, 0.1) is 41.5 Å². The van der Waals surface area contributed by atoms with Crippen LogP contribution in [-0.4, -0.2) is 61.3 Å². The highest BCUT2D eigenvalue weighted by Crippen LogP contribution is 2.37. The number of H-pyrrole nitrogens is 1. The highest BCUT2D eigenvalue weighted by molar-refractivity contribution is 6.30. The summed E-state index contributed by atoms with van der Waals surface area (Å²) in [5.41, 5.74) is 3.31. The van der Waals surface area contributed by atoms with E-state index >= 15 is 0 Å². The van der Waals surface area contributed by atoms with Crippen LogP contribution in [0, 0.1) is 12.7 Å². The molecule has 15 heteroatoms. The van der Waals surface area contributed by atoms with Gasteiger partial charge in [0.25, 0.3) is 5.91 Å². The fraction of sp³-hybridized carbons (Fsp3) is 0.282. The smallest absolute Gasteiger partial charge is 0.418 e. The number of carbonyl (C=O) groups is 1. The van der Waals surface area contributed by atoms with Crippen LogP contribution in [0.15, 0.2) is 72.8 Å². The molecule has 3 aromatic carbocycles. The largest absolute Gasteiger partial charge is 0.473 e. The van der Waals surface area contributed by atoms with Gasteiger partial charge in [-0.2, -0.15) is 18.3 Å². The maximum absolute atomic E-state index is 14.2. The Morgan fingerprint density at radius 3 is 2.70 bits per heavy atom. The lowest BCUT2D eigenvalue weighted by Gasteiger charge is -2.29. The number of fused-ring (bicyclic) bond motifs is 2. The molecule has 1 fully saturated rings. The van der Waals surface area contributed by atoms with Crippen LogP contribution >= 0.6 is 11.6 Å². The van der Waals surface area contributed by atoms with Crippen LogP contribution in [0.25, 0.3) is 27.5 Å². The molecule has 3 aromatic heterocycles. The molecular formula is C39H34ClF4N7O3. The van der Waals surface area contributed by atoms with Crippen molar-refractivity contribution in [3.8, 4) is 5.88 Å². The van der Waals surface area contributed by atoms with Gasteiger partial charge in [0.1, 0.15) is 23.8 Å². The third-order valence-corrected chi connectivity index (χ3v) is 10.0. The maximum atomic E-state index is 14.2. The number of rotatable bonds is 10. The monoisotopic (exact) mass is 759 g/mol. The summed E-state index contributed by atoms with van der Waals surface area (Å²) in [6.07, 6.45) is -0.883. The first-order chi connectivity index (χ1) is 26.0. The predicted octanol–water partition coefficient (Wildman–Crippen LogP) is 8.34. The lowest BCUT2D eigenvalue weighted by Crippen LogP contribution is -2.33. The molecule has 0 bridgehead atoms. The third kappa shape index (κ3) is 7.41. The fourth-order valence-corrected chi connectivity index (χ4v) is 6.91. The molecule has 6 aromatic rings. The van der Waals surface area contributed by atoms with Gasteiger partial charge in [-0.15, -0.1) is 0 Å². The minimum Gasteiger partial charge on any atom is -0.473 e. The zero-order valence-corrected chi connectivity index (χ0v) is 29.8.